The molecule has 0 fully saturated rings. The molecule has 7 heteroatoms. The lowest BCUT2D eigenvalue weighted by Gasteiger charge is -1.93. The van der Waals surface area contributed by atoms with Gasteiger partial charge in [-0.15, -0.1) is 5.11 Å². The lowest BCUT2D eigenvalue weighted by molar-refractivity contribution is 0.440. The summed E-state index contributed by atoms with van der Waals surface area (Å²) >= 11 is 5.95. The first kappa shape index (κ1) is 6.74. The Morgan fingerprint density at radius 3 is 3.00 bits per heavy atom. The standard InChI is InChI=1S/C4H2N4OS2/c10-4-7-6-3(9-4)2-1-5-8-11-2/h1,8H/b3-2+. The van der Waals surface area contributed by atoms with Crippen molar-refractivity contribution in [3.63, 3.8) is 0 Å². The fourth-order valence-corrected chi connectivity index (χ4v) is 1.19. The zero-order chi connectivity index (χ0) is 7.68. The molecular formula is C4H2N4OS2. The summed E-state index contributed by atoms with van der Waals surface area (Å²) in [7, 11) is 0. The van der Waals surface area contributed by atoms with Crippen LogP contribution in [0.2, 0.25) is 0 Å². The number of ether oxygens (including phenoxy) is 1. The van der Waals surface area contributed by atoms with Crippen molar-refractivity contribution in [2.24, 2.45) is 15.3 Å². The Hall–Kier alpha value is -0.950. The van der Waals surface area contributed by atoms with E-state index in [1.54, 1.807) is 6.21 Å². The van der Waals surface area contributed by atoms with E-state index in [1.807, 2.05) is 0 Å². The minimum atomic E-state index is 0.147. The van der Waals surface area contributed by atoms with Gasteiger partial charge in [0.2, 0.25) is 0 Å². The predicted molar refractivity (Wildman–Crippen MR) is 44.8 cm³/mol. The minimum Gasteiger partial charge on any atom is -0.407 e. The fraction of sp³-hybridized carbons (Fsp3) is 0. The lowest BCUT2D eigenvalue weighted by atomic mass is 10.6. The summed E-state index contributed by atoms with van der Waals surface area (Å²) in [4.78, 5) is 3.45. The molecule has 0 aliphatic carbocycles. The Morgan fingerprint density at radius 1 is 1.55 bits per heavy atom. The minimum absolute atomic E-state index is 0.147. The lowest BCUT2D eigenvalue weighted by Crippen LogP contribution is -1.90. The van der Waals surface area contributed by atoms with Crippen molar-refractivity contribution in [1.82, 2.24) is 4.83 Å². The van der Waals surface area contributed by atoms with Gasteiger partial charge >= 0.3 is 5.17 Å². The maximum Gasteiger partial charge on any atom is 0.309 e. The molecule has 0 radical (unpaired) electrons. The van der Waals surface area contributed by atoms with Gasteiger partial charge < -0.3 is 4.74 Å². The van der Waals surface area contributed by atoms with Crippen molar-refractivity contribution >= 4 is 35.6 Å². The number of thiocarbonyl (C=S) groups is 1. The summed E-state index contributed by atoms with van der Waals surface area (Å²) in [5.41, 5.74) is 0. The van der Waals surface area contributed by atoms with Crippen LogP contribution in [-0.4, -0.2) is 11.4 Å². The average molecular weight is 186 g/mol. The highest BCUT2D eigenvalue weighted by atomic mass is 32.2. The van der Waals surface area contributed by atoms with Crippen LogP contribution in [0.15, 0.2) is 26.1 Å². The third kappa shape index (κ3) is 1.24. The first-order chi connectivity index (χ1) is 5.36. The first-order valence-corrected chi connectivity index (χ1v) is 3.91. The molecular weight excluding hydrogens is 184 g/mol. The SMILES string of the molecule is S=C1N=N/C(=C2/C=NNS2)O1. The largest absolute Gasteiger partial charge is 0.407 e. The molecule has 0 spiro atoms. The molecule has 2 aliphatic heterocycles. The van der Waals surface area contributed by atoms with Crippen molar-refractivity contribution in [3.8, 4) is 0 Å². The van der Waals surface area contributed by atoms with Crippen LogP contribution in [0.4, 0.5) is 0 Å². The Morgan fingerprint density at radius 2 is 2.45 bits per heavy atom. The van der Waals surface area contributed by atoms with Crippen molar-refractivity contribution in [2.45, 2.75) is 0 Å². The number of hydrogen-bond donors (Lipinski definition) is 1. The highest BCUT2D eigenvalue weighted by Gasteiger charge is 2.17. The van der Waals surface area contributed by atoms with Crippen LogP contribution < -0.4 is 4.83 Å². The van der Waals surface area contributed by atoms with E-state index in [0.717, 1.165) is 4.91 Å². The summed E-state index contributed by atoms with van der Waals surface area (Å²) < 4.78 is 4.97. The van der Waals surface area contributed by atoms with Gasteiger partial charge in [0.15, 0.2) is 0 Å². The van der Waals surface area contributed by atoms with Gasteiger partial charge in [-0.2, -0.15) is 5.10 Å². The number of rotatable bonds is 0. The van der Waals surface area contributed by atoms with Crippen molar-refractivity contribution in [2.75, 3.05) is 0 Å². The van der Waals surface area contributed by atoms with Gasteiger partial charge in [-0.05, 0) is 12.2 Å². The molecule has 0 aromatic heterocycles. The number of nitrogens with zero attached hydrogens (tertiary/aromatic N) is 3. The normalized spacial score (nSPS) is 27.5. The van der Waals surface area contributed by atoms with E-state index in [0.29, 0.717) is 5.88 Å². The van der Waals surface area contributed by atoms with Crippen LogP contribution in [0.25, 0.3) is 0 Å². The molecule has 0 aromatic carbocycles. The maximum absolute atomic E-state index is 4.97. The quantitative estimate of drug-likeness (QED) is 0.455. The van der Waals surface area contributed by atoms with Crippen molar-refractivity contribution in [3.05, 3.63) is 10.8 Å². The maximum atomic E-state index is 4.97. The summed E-state index contributed by atoms with van der Waals surface area (Å²) in [5, 5.41) is 11.1. The van der Waals surface area contributed by atoms with Crippen LogP contribution in [0.5, 0.6) is 0 Å². The first-order valence-electron chi connectivity index (χ1n) is 2.69. The van der Waals surface area contributed by atoms with Gasteiger partial charge in [0.05, 0.1) is 6.21 Å². The van der Waals surface area contributed by atoms with Crippen LogP contribution in [0, 0.1) is 0 Å². The molecule has 2 rings (SSSR count). The molecule has 0 bridgehead atoms. The predicted octanol–water partition coefficient (Wildman–Crippen LogP) is 1.16. The van der Waals surface area contributed by atoms with Gasteiger partial charge in [-0.25, -0.2) is 4.83 Å². The highest BCUT2D eigenvalue weighted by molar-refractivity contribution is 8.02. The molecule has 0 saturated heterocycles. The van der Waals surface area contributed by atoms with E-state index in [4.69, 9.17) is 4.74 Å². The average Bonchev–Trinajstić information content (AvgIpc) is 2.55. The molecule has 0 amide bonds. The summed E-state index contributed by atoms with van der Waals surface area (Å²) in [6.07, 6.45) is 1.60. The Labute approximate surface area is 71.7 Å². The van der Waals surface area contributed by atoms with E-state index in [-0.39, 0.29) is 5.17 Å². The molecule has 56 valence electrons. The topological polar surface area (TPSA) is 58.3 Å². The van der Waals surface area contributed by atoms with E-state index < -0.39 is 0 Å². The molecule has 2 heterocycles. The zero-order valence-electron chi connectivity index (χ0n) is 5.14. The van der Waals surface area contributed by atoms with Gasteiger partial charge in [0, 0.05) is 11.9 Å². The molecule has 0 saturated carbocycles. The third-order valence-electron chi connectivity index (χ3n) is 1.01. The van der Waals surface area contributed by atoms with Crippen LogP contribution in [0.3, 0.4) is 0 Å². The zero-order valence-corrected chi connectivity index (χ0v) is 6.78. The number of allylic oxidation sites excluding steroid dienone is 1. The van der Waals surface area contributed by atoms with Gasteiger partial charge in [0.25, 0.3) is 5.88 Å². The van der Waals surface area contributed by atoms with E-state index >= 15 is 0 Å². The molecule has 2 aliphatic rings. The monoisotopic (exact) mass is 186 g/mol. The second kappa shape index (κ2) is 2.59. The summed E-state index contributed by atoms with van der Waals surface area (Å²) in [6.45, 7) is 0. The molecule has 5 nitrogen and oxygen atoms in total. The van der Waals surface area contributed by atoms with Crippen LogP contribution >= 0.6 is 24.2 Å². The summed E-state index contributed by atoms with van der Waals surface area (Å²) in [5.74, 6) is 0.411. The van der Waals surface area contributed by atoms with Crippen LogP contribution in [0.1, 0.15) is 0 Å². The Kier molecular flexibility index (Phi) is 1.59. The molecule has 11 heavy (non-hydrogen) atoms. The van der Waals surface area contributed by atoms with E-state index in [9.17, 15) is 0 Å². The van der Waals surface area contributed by atoms with Gasteiger partial charge in [-0.1, -0.05) is 5.11 Å². The summed E-state index contributed by atoms with van der Waals surface area (Å²) in [6, 6.07) is 0. The number of nitrogens with one attached hydrogen (secondary N) is 1. The van der Waals surface area contributed by atoms with Crippen molar-refractivity contribution < 1.29 is 4.74 Å². The highest BCUT2D eigenvalue weighted by Crippen LogP contribution is 2.24. The smallest absolute Gasteiger partial charge is 0.309 e. The van der Waals surface area contributed by atoms with Gasteiger partial charge in [0.1, 0.15) is 4.91 Å². The number of azo groups is 1. The van der Waals surface area contributed by atoms with Crippen LogP contribution in [-0.2, 0) is 4.74 Å². The number of hydrogen-bond acceptors (Lipinski definition) is 6. The Bertz CT molecular complexity index is 294. The van der Waals surface area contributed by atoms with E-state index in [2.05, 4.69) is 32.4 Å². The second-order valence-corrected chi connectivity index (χ2v) is 2.86. The molecule has 0 atom stereocenters. The molecule has 0 aromatic rings. The Balaban J connectivity index is 2.28. The molecule has 1 N–H and O–H groups in total. The fourth-order valence-electron chi connectivity index (χ4n) is 0.595. The van der Waals surface area contributed by atoms with Crippen molar-refractivity contribution in [1.29, 1.82) is 0 Å². The van der Waals surface area contributed by atoms with E-state index in [1.165, 1.54) is 11.9 Å². The third-order valence-corrected chi connectivity index (χ3v) is 1.87. The number of hydrazone groups is 1. The molecule has 0 unspecified atom stereocenters. The second-order valence-electron chi connectivity index (χ2n) is 1.69. The van der Waals surface area contributed by atoms with Gasteiger partial charge in [-0.3, -0.25) is 0 Å².